The maximum absolute atomic E-state index is 13.5. The highest BCUT2D eigenvalue weighted by molar-refractivity contribution is 7.99. The van der Waals surface area contributed by atoms with Gasteiger partial charge in [-0.2, -0.15) is 0 Å². The number of rotatable bonds is 4. The van der Waals surface area contributed by atoms with E-state index in [1.807, 2.05) is 24.0 Å². The molecule has 0 N–H and O–H groups in total. The summed E-state index contributed by atoms with van der Waals surface area (Å²) in [6.45, 7) is 8.48. The Balaban J connectivity index is 1.40. The number of piperazine rings is 1. The average Bonchev–Trinajstić information content (AvgIpc) is 3.39. The number of hydrogen-bond donors (Lipinski definition) is 0. The van der Waals surface area contributed by atoms with Crippen LogP contribution < -0.4 is 0 Å². The molecule has 3 saturated heterocycles. The van der Waals surface area contributed by atoms with Gasteiger partial charge in [0.05, 0.1) is 23.7 Å². The number of aromatic nitrogens is 1. The van der Waals surface area contributed by atoms with Gasteiger partial charge in [0.2, 0.25) is 11.8 Å². The van der Waals surface area contributed by atoms with Crippen molar-refractivity contribution in [1.29, 1.82) is 0 Å². The first-order valence-corrected chi connectivity index (χ1v) is 13.8. The van der Waals surface area contributed by atoms with Crippen LogP contribution in [0.5, 0.6) is 0 Å². The van der Waals surface area contributed by atoms with Gasteiger partial charge in [-0.25, -0.2) is 4.79 Å². The van der Waals surface area contributed by atoms with Gasteiger partial charge in [0, 0.05) is 63.6 Å². The maximum Gasteiger partial charge on any atom is 0.409 e. The van der Waals surface area contributed by atoms with E-state index in [4.69, 9.17) is 9.72 Å². The van der Waals surface area contributed by atoms with Crippen LogP contribution in [0.4, 0.5) is 4.79 Å². The zero-order valence-electron chi connectivity index (χ0n) is 21.3. The summed E-state index contributed by atoms with van der Waals surface area (Å²) in [5.74, 6) is 1.16. The zero-order chi connectivity index (χ0) is 25.8. The molecule has 0 saturated carbocycles. The molecule has 1 aromatic heterocycles. The molecule has 1 aromatic rings. The van der Waals surface area contributed by atoms with Gasteiger partial charge in [-0.3, -0.25) is 19.4 Å². The number of nitrogens with zero attached hydrogens (tertiary/aromatic N) is 5. The molecule has 3 aliphatic heterocycles. The second-order valence-corrected chi connectivity index (χ2v) is 10.5. The molecule has 0 aliphatic carbocycles. The Morgan fingerprint density at radius 3 is 2.31 bits per heavy atom. The second kappa shape index (κ2) is 11.5. The molecule has 4 amide bonds. The summed E-state index contributed by atoms with van der Waals surface area (Å²) in [6.07, 6.45) is 1.10. The van der Waals surface area contributed by atoms with Gasteiger partial charge in [-0.15, -0.1) is 11.8 Å². The minimum absolute atomic E-state index is 0.0154. The van der Waals surface area contributed by atoms with Crippen molar-refractivity contribution < 1.29 is 23.9 Å². The maximum atomic E-state index is 13.5. The lowest BCUT2D eigenvalue weighted by Crippen LogP contribution is -2.51. The third-order valence-electron chi connectivity index (χ3n) is 7.15. The summed E-state index contributed by atoms with van der Waals surface area (Å²) in [6, 6.07) is 3.33. The first kappa shape index (κ1) is 26.2. The number of thioether (sulfide) groups is 1. The molecule has 4 heterocycles. The quantitative estimate of drug-likeness (QED) is 0.601. The lowest BCUT2D eigenvalue weighted by Gasteiger charge is -2.36. The summed E-state index contributed by atoms with van der Waals surface area (Å²) in [5.41, 5.74) is 2.25. The third kappa shape index (κ3) is 5.61. The van der Waals surface area contributed by atoms with Gasteiger partial charge in [0.25, 0.3) is 5.91 Å². The number of piperidine rings is 1. The molecular formula is C25H35N5O5S. The van der Waals surface area contributed by atoms with Gasteiger partial charge < -0.3 is 24.3 Å². The van der Waals surface area contributed by atoms with E-state index in [2.05, 4.69) is 0 Å². The van der Waals surface area contributed by atoms with E-state index < -0.39 is 0 Å². The van der Waals surface area contributed by atoms with E-state index in [0.717, 1.165) is 24.2 Å². The van der Waals surface area contributed by atoms with Crippen LogP contribution in [-0.4, -0.2) is 112 Å². The fourth-order valence-corrected chi connectivity index (χ4v) is 6.30. The first-order valence-electron chi connectivity index (χ1n) is 12.6. The Hall–Kier alpha value is -2.82. The van der Waals surface area contributed by atoms with Gasteiger partial charge >= 0.3 is 6.09 Å². The summed E-state index contributed by atoms with van der Waals surface area (Å²) in [4.78, 5) is 62.2. The van der Waals surface area contributed by atoms with E-state index in [1.165, 1.54) is 6.92 Å². The molecule has 10 nitrogen and oxygen atoms in total. The Morgan fingerprint density at radius 1 is 1.00 bits per heavy atom. The smallest absolute Gasteiger partial charge is 0.409 e. The van der Waals surface area contributed by atoms with Gasteiger partial charge in [-0.1, -0.05) is 0 Å². The van der Waals surface area contributed by atoms with Crippen molar-refractivity contribution >= 4 is 35.6 Å². The lowest BCUT2D eigenvalue weighted by atomic mass is 9.89. The van der Waals surface area contributed by atoms with Crippen LogP contribution in [-0.2, 0) is 14.3 Å². The molecule has 0 radical (unpaired) electrons. The topological polar surface area (TPSA) is 103 Å². The number of carbonyl (C=O) groups excluding carboxylic acids is 4. The van der Waals surface area contributed by atoms with Crippen LogP contribution in [0.1, 0.15) is 54.4 Å². The molecule has 0 aromatic carbocycles. The normalized spacial score (nSPS) is 21.0. The van der Waals surface area contributed by atoms with E-state index in [0.29, 0.717) is 63.1 Å². The van der Waals surface area contributed by atoms with Crippen molar-refractivity contribution in [3.05, 3.63) is 29.1 Å². The largest absolute Gasteiger partial charge is 0.450 e. The number of amides is 4. The number of ether oxygens (including phenoxy) is 1. The van der Waals surface area contributed by atoms with E-state index in [1.54, 1.807) is 33.4 Å². The predicted molar refractivity (Wildman–Crippen MR) is 136 cm³/mol. The lowest BCUT2D eigenvalue weighted by molar-refractivity contribution is -0.143. The Morgan fingerprint density at radius 2 is 1.67 bits per heavy atom. The highest BCUT2D eigenvalue weighted by atomic mass is 32.2. The number of hydrogen-bond acceptors (Lipinski definition) is 7. The Kier molecular flexibility index (Phi) is 8.38. The molecule has 11 heteroatoms. The van der Waals surface area contributed by atoms with Crippen LogP contribution in [0.2, 0.25) is 0 Å². The molecule has 1 atom stereocenters. The monoisotopic (exact) mass is 517 g/mol. The minimum atomic E-state index is -0.383. The number of pyridine rings is 1. The van der Waals surface area contributed by atoms with Crippen LogP contribution in [0.15, 0.2) is 12.1 Å². The van der Waals surface area contributed by atoms with Crippen LogP contribution in [0.3, 0.4) is 0 Å². The van der Waals surface area contributed by atoms with E-state index in [-0.39, 0.29) is 35.8 Å². The molecule has 36 heavy (non-hydrogen) atoms. The SMILES string of the molecule is CCOC(=O)N1CCN(C(=O)c2ccc(C)nc2C2CCN(C(=O)C3CSCN3C(C)=O)CC2)CC1. The standard InChI is InChI=1S/C25H35N5O5S/c1-4-35-25(34)29-13-11-28(12-14-29)23(32)20-6-5-17(2)26-22(20)19-7-9-27(10-8-19)24(33)21-15-36-16-30(21)18(3)31/h5-6,19,21H,4,7-16H2,1-3H3. The van der Waals surface area contributed by atoms with Gasteiger partial charge in [0.15, 0.2) is 0 Å². The van der Waals surface area contributed by atoms with Gasteiger partial charge in [-0.05, 0) is 38.8 Å². The molecule has 4 rings (SSSR count). The molecule has 3 fully saturated rings. The van der Waals surface area contributed by atoms with Crippen LogP contribution in [0.25, 0.3) is 0 Å². The third-order valence-corrected chi connectivity index (χ3v) is 8.16. The average molecular weight is 518 g/mol. The van der Waals surface area contributed by atoms with Crippen molar-refractivity contribution in [2.75, 3.05) is 57.5 Å². The predicted octanol–water partition coefficient (Wildman–Crippen LogP) is 1.93. The number of likely N-dealkylation sites (tertiary alicyclic amines) is 1. The zero-order valence-corrected chi connectivity index (χ0v) is 22.1. The van der Waals surface area contributed by atoms with Crippen molar-refractivity contribution in [3.63, 3.8) is 0 Å². The molecule has 0 bridgehead atoms. The summed E-state index contributed by atoms with van der Waals surface area (Å²) >= 11 is 1.61. The highest BCUT2D eigenvalue weighted by Gasteiger charge is 2.38. The fourth-order valence-electron chi connectivity index (χ4n) is 5.09. The first-order chi connectivity index (χ1) is 17.3. The van der Waals surface area contributed by atoms with Crippen LogP contribution >= 0.6 is 11.8 Å². The summed E-state index contributed by atoms with van der Waals surface area (Å²) in [5, 5.41) is 0. The van der Waals surface area contributed by atoms with Crippen molar-refractivity contribution in [2.45, 2.75) is 45.6 Å². The molecule has 3 aliphatic rings. The molecule has 0 spiro atoms. The Labute approximate surface area is 216 Å². The minimum Gasteiger partial charge on any atom is -0.450 e. The van der Waals surface area contributed by atoms with E-state index in [9.17, 15) is 19.2 Å². The molecule has 1 unspecified atom stereocenters. The fraction of sp³-hybridized carbons (Fsp3) is 0.640. The summed E-state index contributed by atoms with van der Waals surface area (Å²) < 4.78 is 5.07. The number of aryl methyl sites for hydroxylation is 1. The van der Waals surface area contributed by atoms with Gasteiger partial charge in [0.1, 0.15) is 6.04 Å². The van der Waals surface area contributed by atoms with Crippen molar-refractivity contribution in [3.8, 4) is 0 Å². The van der Waals surface area contributed by atoms with E-state index >= 15 is 0 Å². The Bertz CT molecular complexity index is 1000. The number of carbonyl (C=O) groups is 4. The molecular weight excluding hydrogens is 482 g/mol. The molecule has 196 valence electrons. The van der Waals surface area contributed by atoms with Crippen molar-refractivity contribution in [2.24, 2.45) is 0 Å². The highest BCUT2D eigenvalue weighted by Crippen LogP contribution is 2.32. The second-order valence-electron chi connectivity index (χ2n) is 9.47. The van der Waals surface area contributed by atoms with Crippen LogP contribution in [0, 0.1) is 6.92 Å². The van der Waals surface area contributed by atoms with Crippen molar-refractivity contribution in [1.82, 2.24) is 24.6 Å². The summed E-state index contributed by atoms with van der Waals surface area (Å²) in [7, 11) is 0.